The van der Waals surface area contributed by atoms with Gasteiger partial charge in [0.05, 0.1) is 0 Å². The van der Waals surface area contributed by atoms with Crippen molar-refractivity contribution in [2.45, 2.75) is 51.7 Å². The van der Waals surface area contributed by atoms with Gasteiger partial charge in [0.2, 0.25) is 0 Å². The summed E-state index contributed by atoms with van der Waals surface area (Å²) in [6, 6.07) is 0.615. The quantitative estimate of drug-likeness (QED) is 0.677. The summed E-state index contributed by atoms with van der Waals surface area (Å²) in [7, 11) is 0. The molecule has 1 atom stereocenters. The van der Waals surface area contributed by atoms with Gasteiger partial charge in [-0.25, -0.2) is 0 Å². The molecule has 0 aliphatic carbocycles. The van der Waals surface area contributed by atoms with Gasteiger partial charge in [0.25, 0.3) is 6.47 Å². The zero-order chi connectivity index (χ0) is 11.7. The number of piperidine rings is 1. The number of hydrogen-bond acceptors (Lipinski definition) is 4. The first-order chi connectivity index (χ1) is 6.99. The average molecular weight is 216 g/mol. The van der Waals surface area contributed by atoms with Gasteiger partial charge in [0, 0.05) is 12.6 Å². The molecule has 0 amide bonds. The van der Waals surface area contributed by atoms with Gasteiger partial charge in [-0.2, -0.15) is 0 Å². The van der Waals surface area contributed by atoms with Crippen LogP contribution in [0.2, 0.25) is 0 Å². The fourth-order valence-corrected chi connectivity index (χ4v) is 1.27. The lowest BCUT2D eigenvalue weighted by molar-refractivity contribution is -0.138. The van der Waals surface area contributed by atoms with Gasteiger partial charge in [-0.3, -0.25) is 4.79 Å². The van der Waals surface area contributed by atoms with Crippen molar-refractivity contribution in [2.75, 3.05) is 13.1 Å². The molecule has 1 heterocycles. The molecule has 0 saturated carbocycles. The smallest absolute Gasteiger partial charge is 0.293 e. The van der Waals surface area contributed by atoms with E-state index in [9.17, 15) is 4.79 Å². The van der Waals surface area contributed by atoms with Crippen LogP contribution in [-0.4, -0.2) is 31.2 Å². The van der Waals surface area contributed by atoms with Gasteiger partial charge in [0.15, 0.2) is 0 Å². The van der Waals surface area contributed by atoms with Crippen molar-refractivity contribution in [3.05, 3.63) is 0 Å². The molecule has 0 spiro atoms. The highest BCUT2D eigenvalue weighted by molar-refractivity contribution is 5.37. The number of carbonyl (C=O) groups excluding carboxylic acids is 1. The molecule has 1 saturated heterocycles. The van der Waals surface area contributed by atoms with Gasteiger partial charge < -0.3 is 15.8 Å². The molecular formula is C11H24N2O2. The van der Waals surface area contributed by atoms with E-state index in [1.54, 1.807) is 0 Å². The molecule has 0 aromatic carbocycles. The molecule has 0 radical (unpaired) electrons. The van der Waals surface area contributed by atoms with E-state index in [-0.39, 0.29) is 5.60 Å². The lowest BCUT2D eigenvalue weighted by Crippen LogP contribution is -2.39. The molecule has 1 aliphatic heterocycles. The van der Waals surface area contributed by atoms with Gasteiger partial charge >= 0.3 is 0 Å². The molecular weight excluding hydrogens is 192 g/mol. The molecule has 0 aromatic rings. The molecule has 4 nitrogen and oxygen atoms in total. The van der Waals surface area contributed by atoms with E-state index in [0.717, 1.165) is 6.54 Å². The second kappa shape index (κ2) is 7.65. The van der Waals surface area contributed by atoms with Crippen LogP contribution in [-0.2, 0) is 9.53 Å². The first kappa shape index (κ1) is 14.4. The molecule has 0 unspecified atom stereocenters. The Hall–Kier alpha value is -0.610. The monoisotopic (exact) mass is 216 g/mol. The van der Waals surface area contributed by atoms with Crippen molar-refractivity contribution in [2.24, 2.45) is 5.73 Å². The molecule has 4 heteroatoms. The third kappa shape index (κ3) is 9.69. The topological polar surface area (TPSA) is 64.3 Å². The fourth-order valence-electron chi connectivity index (χ4n) is 1.27. The summed E-state index contributed by atoms with van der Waals surface area (Å²) in [6.45, 7) is 7.89. The Kier molecular flexibility index (Phi) is 7.34. The normalized spacial score (nSPS) is 21.2. The number of rotatable bonds is 2. The summed E-state index contributed by atoms with van der Waals surface area (Å²) in [4.78, 5) is 9.60. The SMILES string of the molecule is CC(C)(C)OC=O.NC[C@@H]1CCCCN1. The zero-order valence-corrected chi connectivity index (χ0v) is 10.1. The van der Waals surface area contributed by atoms with E-state index < -0.39 is 0 Å². The van der Waals surface area contributed by atoms with Crippen LogP contribution in [0.3, 0.4) is 0 Å². The van der Waals surface area contributed by atoms with Crippen LogP contribution in [0.1, 0.15) is 40.0 Å². The number of nitrogens with one attached hydrogen (secondary N) is 1. The predicted octanol–water partition coefficient (Wildman–Crippen LogP) is 1.05. The van der Waals surface area contributed by atoms with Crippen molar-refractivity contribution < 1.29 is 9.53 Å². The van der Waals surface area contributed by atoms with Crippen LogP contribution in [0.25, 0.3) is 0 Å². The van der Waals surface area contributed by atoms with Crippen molar-refractivity contribution in [1.29, 1.82) is 0 Å². The number of nitrogens with two attached hydrogens (primary N) is 1. The first-order valence-electron chi connectivity index (χ1n) is 5.54. The molecule has 3 N–H and O–H groups in total. The maximum Gasteiger partial charge on any atom is 0.293 e. The maximum atomic E-state index is 9.60. The Morgan fingerprint density at radius 3 is 2.33 bits per heavy atom. The lowest BCUT2D eigenvalue weighted by atomic mass is 10.1. The second-order valence-electron chi connectivity index (χ2n) is 4.71. The minimum Gasteiger partial charge on any atom is -0.462 e. The summed E-state index contributed by atoms with van der Waals surface area (Å²) in [6.07, 6.45) is 3.96. The molecule has 0 aromatic heterocycles. The van der Waals surface area contributed by atoms with Gasteiger partial charge in [-0.05, 0) is 40.2 Å². The Bertz CT molecular complexity index is 160. The summed E-state index contributed by atoms with van der Waals surface area (Å²) in [5.74, 6) is 0. The van der Waals surface area contributed by atoms with Crippen molar-refractivity contribution in [3.63, 3.8) is 0 Å². The van der Waals surface area contributed by atoms with Gasteiger partial charge in [-0.15, -0.1) is 0 Å². The highest BCUT2D eigenvalue weighted by Gasteiger charge is 2.08. The van der Waals surface area contributed by atoms with Crippen LogP contribution in [0.4, 0.5) is 0 Å². The van der Waals surface area contributed by atoms with E-state index in [0.29, 0.717) is 12.5 Å². The van der Waals surface area contributed by atoms with E-state index >= 15 is 0 Å². The third-order valence-corrected chi connectivity index (χ3v) is 2.10. The highest BCUT2D eigenvalue weighted by Crippen LogP contribution is 2.04. The maximum absolute atomic E-state index is 9.60. The highest BCUT2D eigenvalue weighted by atomic mass is 16.5. The van der Waals surface area contributed by atoms with Crippen LogP contribution in [0, 0.1) is 0 Å². The molecule has 90 valence electrons. The summed E-state index contributed by atoms with van der Waals surface area (Å²) >= 11 is 0. The lowest BCUT2D eigenvalue weighted by Gasteiger charge is -2.21. The largest absolute Gasteiger partial charge is 0.462 e. The number of carbonyl (C=O) groups is 1. The average Bonchev–Trinajstić information content (AvgIpc) is 2.18. The second-order valence-corrected chi connectivity index (χ2v) is 4.71. The minimum absolute atomic E-state index is 0.318. The molecule has 15 heavy (non-hydrogen) atoms. The van der Waals surface area contributed by atoms with E-state index in [1.807, 2.05) is 20.8 Å². The molecule has 1 rings (SSSR count). The Labute approximate surface area is 92.6 Å². The molecule has 0 bridgehead atoms. The van der Waals surface area contributed by atoms with Crippen LogP contribution >= 0.6 is 0 Å². The van der Waals surface area contributed by atoms with E-state index in [4.69, 9.17) is 5.73 Å². The summed E-state index contributed by atoms with van der Waals surface area (Å²) in [5.41, 5.74) is 5.12. The van der Waals surface area contributed by atoms with Crippen LogP contribution in [0.15, 0.2) is 0 Å². The predicted molar refractivity (Wildman–Crippen MR) is 61.6 cm³/mol. The van der Waals surface area contributed by atoms with Gasteiger partial charge in [0.1, 0.15) is 5.60 Å². The Balaban J connectivity index is 0.000000265. The third-order valence-electron chi connectivity index (χ3n) is 2.10. The Morgan fingerprint density at radius 1 is 1.47 bits per heavy atom. The van der Waals surface area contributed by atoms with Crippen molar-refractivity contribution in [1.82, 2.24) is 5.32 Å². The number of ether oxygens (including phenoxy) is 1. The van der Waals surface area contributed by atoms with Crippen LogP contribution in [0.5, 0.6) is 0 Å². The molecule has 1 aliphatic rings. The van der Waals surface area contributed by atoms with Crippen molar-refractivity contribution >= 4 is 6.47 Å². The first-order valence-corrected chi connectivity index (χ1v) is 5.54. The van der Waals surface area contributed by atoms with E-state index in [2.05, 4.69) is 10.1 Å². The van der Waals surface area contributed by atoms with Crippen molar-refractivity contribution in [3.8, 4) is 0 Å². The summed E-state index contributed by atoms with van der Waals surface area (Å²) in [5, 5.41) is 3.34. The van der Waals surface area contributed by atoms with Gasteiger partial charge in [-0.1, -0.05) is 6.42 Å². The summed E-state index contributed by atoms with van der Waals surface area (Å²) < 4.78 is 4.55. The minimum atomic E-state index is -0.318. The Morgan fingerprint density at radius 2 is 2.13 bits per heavy atom. The van der Waals surface area contributed by atoms with Crippen LogP contribution < -0.4 is 11.1 Å². The standard InChI is InChI=1S/C6H14N2.C5H10O2/c7-5-6-3-1-2-4-8-6;1-5(2,3)7-4-6/h6,8H,1-5,7H2;4H,1-3H3/t6-;/m0./s1. The molecule has 1 fully saturated rings. The van der Waals surface area contributed by atoms with E-state index in [1.165, 1.54) is 25.8 Å². The fraction of sp³-hybridized carbons (Fsp3) is 0.909. The number of hydrogen-bond donors (Lipinski definition) is 2. The zero-order valence-electron chi connectivity index (χ0n) is 10.1.